The average Bonchev–Trinajstić information content (AvgIpc) is 2.43. The number of hydrogen-bond acceptors (Lipinski definition) is 2. The van der Waals surface area contributed by atoms with Gasteiger partial charge in [-0.3, -0.25) is 4.68 Å². The van der Waals surface area contributed by atoms with Gasteiger partial charge in [-0.1, -0.05) is 37.7 Å². The largest absolute Gasteiger partial charge is 0.393 e. The highest BCUT2D eigenvalue weighted by atomic mass is 35.5. The minimum atomic E-state index is -0.137. The van der Waals surface area contributed by atoms with E-state index in [9.17, 15) is 0 Å². The molecule has 1 heterocycles. The van der Waals surface area contributed by atoms with Crippen molar-refractivity contribution in [2.45, 2.75) is 33.7 Å². The van der Waals surface area contributed by atoms with Gasteiger partial charge in [0.05, 0.1) is 15.7 Å². The van der Waals surface area contributed by atoms with Crippen LogP contribution in [0.4, 0.5) is 0 Å². The Bertz CT molecular complexity index is 351. The second kappa shape index (κ2) is 4.49. The Labute approximate surface area is 101 Å². The highest BCUT2D eigenvalue weighted by molar-refractivity contribution is 7.80. The summed E-state index contributed by atoms with van der Waals surface area (Å²) < 4.78 is 1.83. The van der Waals surface area contributed by atoms with E-state index in [4.69, 9.17) is 29.6 Å². The molecule has 0 spiro atoms. The first-order valence-electron chi connectivity index (χ1n) is 4.82. The van der Waals surface area contributed by atoms with E-state index in [0.717, 1.165) is 18.7 Å². The summed E-state index contributed by atoms with van der Waals surface area (Å²) in [5, 5.41) is 4.97. The number of hydrogen-bond donors (Lipinski definition) is 1. The molecule has 0 saturated heterocycles. The molecule has 0 aliphatic heterocycles. The predicted molar refractivity (Wildman–Crippen MR) is 67.2 cm³/mol. The van der Waals surface area contributed by atoms with Gasteiger partial charge in [-0.25, -0.2) is 0 Å². The van der Waals surface area contributed by atoms with Crippen molar-refractivity contribution in [3.8, 4) is 0 Å². The van der Waals surface area contributed by atoms with Crippen molar-refractivity contribution >= 4 is 28.8 Å². The quantitative estimate of drug-likeness (QED) is 0.830. The summed E-state index contributed by atoms with van der Waals surface area (Å²) in [5.74, 6) is 0. The molecule has 0 aliphatic rings. The number of thiocarbonyl (C=S) groups is 1. The topological polar surface area (TPSA) is 43.8 Å². The van der Waals surface area contributed by atoms with Crippen LogP contribution < -0.4 is 5.73 Å². The first-order chi connectivity index (χ1) is 6.83. The Morgan fingerprint density at radius 2 is 2.27 bits per heavy atom. The fourth-order valence-corrected chi connectivity index (χ4v) is 1.38. The van der Waals surface area contributed by atoms with Gasteiger partial charge in [0.1, 0.15) is 0 Å². The normalized spacial score (nSPS) is 11.7. The third-order valence-electron chi connectivity index (χ3n) is 2.52. The van der Waals surface area contributed by atoms with Crippen molar-refractivity contribution in [3.63, 3.8) is 0 Å². The van der Waals surface area contributed by atoms with Crippen LogP contribution in [0, 0.1) is 12.3 Å². The molecule has 0 aromatic carbocycles. The van der Waals surface area contributed by atoms with Gasteiger partial charge < -0.3 is 5.73 Å². The highest BCUT2D eigenvalue weighted by Crippen LogP contribution is 2.22. The molecule has 0 radical (unpaired) electrons. The third kappa shape index (κ3) is 3.18. The van der Waals surface area contributed by atoms with Gasteiger partial charge in [-0.05, 0) is 13.3 Å². The van der Waals surface area contributed by atoms with Crippen molar-refractivity contribution in [2.24, 2.45) is 11.1 Å². The van der Waals surface area contributed by atoms with Crippen molar-refractivity contribution in [1.82, 2.24) is 9.78 Å². The lowest BCUT2D eigenvalue weighted by atomic mass is 9.89. The fourth-order valence-electron chi connectivity index (χ4n) is 1.13. The van der Waals surface area contributed by atoms with Gasteiger partial charge in [0.15, 0.2) is 0 Å². The number of rotatable bonds is 4. The van der Waals surface area contributed by atoms with Crippen molar-refractivity contribution < 1.29 is 0 Å². The van der Waals surface area contributed by atoms with Crippen LogP contribution in [-0.2, 0) is 6.54 Å². The molecule has 5 heteroatoms. The molecule has 1 aromatic heterocycles. The lowest BCUT2D eigenvalue weighted by molar-refractivity contribution is 0.417. The van der Waals surface area contributed by atoms with E-state index in [1.54, 1.807) is 0 Å². The summed E-state index contributed by atoms with van der Waals surface area (Å²) in [6.45, 7) is 6.73. The van der Waals surface area contributed by atoms with Gasteiger partial charge >= 0.3 is 0 Å². The molecule has 1 aromatic rings. The van der Waals surface area contributed by atoms with E-state index in [2.05, 4.69) is 5.10 Å². The summed E-state index contributed by atoms with van der Waals surface area (Å²) in [4.78, 5) is 0.539. The molecule has 0 bridgehead atoms. The predicted octanol–water partition coefficient (Wildman–Crippen LogP) is 2.55. The molecule has 15 heavy (non-hydrogen) atoms. The number of halogens is 1. The first-order valence-corrected chi connectivity index (χ1v) is 5.61. The van der Waals surface area contributed by atoms with Gasteiger partial charge in [-0.15, -0.1) is 0 Å². The Morgan fingerprint density at radius 3 is 2.67 bits per heavy atom. The maximum Gasteiger partial charge on any atom is 0.0814 e. The van der Waals surface area contributed by atoms with Crippen LogP contribution in [0.5, 0.6) is 0 Å². The lowest BCUT2D eigenvalue weighted by Gasteiger charge is -2.22. The Hall–Kier alpha value is -0.610. The highest BCUT2D eigenvalue weighted by Gasteiger charge is 2.21. The maximum absolute atomic E-state index is 5.91. The van der Waals surface area contributed by atoms with Crippen LogP contribution in [0.15, 0.2) is 6.20 Å². The van der Waals surface area contributed by atoms with E-state index < -0.39 is 0 Å². The zero-order valence-corrected chi connectivity index (χ0v) is 10.8. The number of nitrogens with two attached hydrogens (primary N) is 1. The van der Waals surface area contributed by atoms with Crippen LogP contribution in [0.2, 0.25) is 5.02 Å². The van der Waals surface area contributed by atoms with Gasteiger partial charge in [-0.2, -0.15) is 5.10 Å². The maximum atomic E-state index is 5.91. The van der Waals surface area contributed by atoms with Gasteiger partial charge in [0.2, 0.25) is 0 Å². The molecule has 0 aliphatic carbocycles. The molecule has 1 rings (SSSR count). The monoisotopic (exact) mass is 245 g/mol. The summed E-state index contributed by atoms with van der Waals surface area (Å²) in [7, 11) is 0. The Morgan fingerprint density at radius 1 is 1.67 bits per heavy atom. The van der Waals surface area contributed by atoms with E-state index in [0.29, 0.717) is 10.0 Å². The van der Waals surface area contributed by atoms with E-state index in [1.165, 1.54) is 0 Å². The van der Waals surface area contributed by atoms with Crippen molar-refractivity contribution in [3.05, 3.63) is 16.9 Å². The molecule has 84 valence electrons. The average molecular weight is 246 g/mol. The molecule has 0 fully saturated rings. The van der Waals surface area contributed by atoms with Gasteiger partial charge in [0.25, 0.3) is 0 Å². The second-order valence-electron chi connectivity index (χ2n) is 4.32. The molecule has 3 nitrogen and oxygen atoms in total. The molecule has 0 saturated carbocycles. The van der Waals surface area contributed by atoms with Crippen LogP contribution in [-0.4, -0.2) is 14.8 Å². The fraction of sp³-hybridized carbons (Fsp3) is 0.600. The standard InChI is InChI=1S/C10H16ClN3S/c1-7-8(11)6-14(13-7)5-4-10(2,3)9(12)15/h6H,4-5H2,1-3H3,(H2,12,15). The summed E-state index contributed by atoms with van der Waals surface area (Å²) in [5.41, 5.74) is 6.36. The van der Waals surface area contributed by atoms with Crippen LogP contribution in [0.25, 0.3) is 0 Å². The number of aryl methyl sites for hydroxylation is 2. The lowest BCUT2D eigenvalue weighted by Crippen LogP contribution is -2.30. The van der Waals surface area contributed by atoms with E-state index >= 15 is 0 Å². The molecule has 2 N–H and O–H groups in total. The molecule has 0 atom stereocenters. The number of aromatic nitrogens is 2. The third-order valence-corrected chi connectivity index (χ3v) is 3.44. The van der Waals surface area contributed by atoms with Crippen molar-refractivity contribution in [2.75, 3.05) is 0 Å². The summed E-state index contributed by atoms with van der Waals surface area (Å²) >= 11 is 10.9. The molecular weight excluding hydrogens is 230 g/mol. The minimum Gasteiger partial charge on any atom is -0.393 e. The SMILES string of the molecule is Cc1nn(CCC(C)(C)C(N)=S)cc1Cl. The molecular formula is C10H16ClN3S. The van der Waals surface area contributed by atoms with Crippen LogP contribution in [0.1, 0.15) is 26.0 Å². The number of nitrogens with zero attached hydrogens (tertiary/aromatic N) is 2. The second-order valence-corrected chi connectivity index (χ2v) is 5.17. The summed E-state index contributed by atoms with van der Waals surface area (Å²) in [6, 6.07) is 0. The van der Waals surface area contributed by atoms with Gasteiger partial charge in [0, 0.05) is 18.2 Å². The van der Waals surface area contributed by atoms with Crippen LogP contribution in [0.3, 0.4) is 0 Å². The zero-order chi connectivity index (χ0) is 11.6. The minimum absolute atomic E-state index is 0.137. The summed E-state index contributed by atoms with van der Waals surface area (Å²) in [6.07, 6.45) is 2.69. The molecule has 0 unspecified atom stereocenters. The van der Waals surface area contributed by atoms with Crippen LogP contribution >= 0.6 is 23.8 Å². The van der Waals surface area contributed by atoms with E-state index in [1.807, 2.05) is 31.6 Å². The van der Waals surface area contributed by atoms with E-state index in [-0.39, 0.29) is 5.41 Å². The smallest absolute Gasteiger partial charge is 0.0814 e. The molecule has 0 amide bonds. The first kappa shape index (κ1) is 12.5. The zero-order valence-electron chi connectivity index (χ0n) is 9.25. The van der Waals surface area contributed by atoms with Crippen molar-refractivity contribution in [1.29, 1.82) is 0 Å². The Kier molecular flexibility index (Phi) is 3.73. The Balaban J connectivity index is 2.61.